The number of nitrogen functional groups attached to an aromatic ring is 1. The zero-order valence-corrected chi connectivity index (χ0v) is 11.3. The maximum Gasteiger partial charge on any atom is 0.283 e. The SMILES string of the molecule is NNC(=O)c1cccc(CN2CCc3ccc(F)cc32)n1. The Morgan fingerprint density at radius 2 is 2.24 bits per heavy atom. The summed E-state index contributed by atoms with van der Waals surface area (Å²) in [5.41, 5.74) is 5.10. The summed E-state index contributed by atoms with van der Waals surface area (Å²) >= 11 is 0. The van der Waals surface area contributed by atoms with Crippen molar-refractivity contribution in [1.82, 2.24) is 10.4 Å². The first-order valence-electron chi connectivity index (χ1n) is 6.67. The number of rotatable bonds is 3. The Balaban J connectivity index is 1.83. The number of pyridine rings is 1. The Morgan fingerprint density at radius 3 is 3.05 bits per heavy atom. The van der Waals surface area contributed by atoms with E-state index < -0.39 is 5.91 Å². The van der Waals surface area contributed by atoms with E-state index in [-0.39, 0.29) is 11.5 Å². The minimum atomic E-state index is -0.426. The maximum absolute atomic E-state index is 13.4. The number of hydrogen-bond donors (Lipinski definition) is 2. The third-order valence-corrected chi connectivity index (χ3v) is 3.56. The molecule has 0 unspecified atom stereocenters. The van der Waals surface area contributed by atoms with Crippen molar-refractivity contribution >= 4 is 11.6 Å². The number of nitrogens with zero attached hydrogens (tertiary/aromatic N) is 2. The summed E-state index contributed by atoms with van der Waals surface area (Å²) in [4.78, 5) is 17.8. The van der Waals surface area contributed by atoms with Crippen LogP contribution in [-0.2, 0) is 13.0 Å². The summed E-state index contributed by atoms with van der Waals surface area (Å²) in [6.45, 7) is 1.34. The van der Waals surface area contributed by atoms with Crippen LogP contribution in [0.4, 0.5) is 10.1 Å². The van der Waals surface area contributed by atoms with Crippen LogP contribution in [-0.4, -0.2) is 17.4 Å². The van der Waals surface area contributed by atoms with Gasteiger partial charge in [0.15, 0.2) is 0 Å². The van der Waals surface area contributed by atoms with E-state index in [0.29, 0.717) is 6.54 Å². The molecule has 21 heavy (non-hydrogen) atoms. The number of halogens is 1. The largest absolute Gasteiger partial charge is 0.365 e. The van der Waals surface area contributed by atoms with Gasteiger partial charge in [-0.15, -0.1) is 0 Å². The lowest BCUT2D eigenvalue weighted by atomic mass is 10.1. The Morgan fingerprint density at radius 1 is 1.38 bits per heavy atom. The first-order valence-corrected chi connectivity index (χ1v) is 6.67. The van der Waals surface area contributed by atoms with Gasteiger partial charge in [-0.1, -0.05) is 12.1 Å². The molecule has 3 N–H and O–H groups in total. The molecule has 2 aromatic rings. The number of anilines is 1. The molecule has 0 fully saturated rings. The molecule has 0 bridgehead atoms. The highest BCUT2D eigenvalue weighted by Crippen LogP contribution is 2.29. The number of carbonyl (C=O) groups is 1. The van der Waals surface area contributed by atoms with Crippen molar-refractivity contribution in [3.63, 3.8) is 0 Å². The van der Waals surface area contributed by atoms with Crippen LogP contribution in [0.3, 0.4) is 0 Å². The van der Waals surface area contributed by atoms with Crippen LogP contribution in [0, 0.1) is 5.82 Å². The highest BCUT2D eigenvalue weighted by atomic mass is 19.1. The number of carbonyl (C=O) groups excluding carboxylic acids is 1. The van der Waals surface area contributed by atoms with Gasteiger partial charge in [0.1, 0.15) is 11.5 Å². The zero-order chi connectivity index (χ0) is 14.8. The van der Waals surface area contributed by atoms with Gasteiger partial charge in [0, 0.05) is 12.2 Å². The van der Waals surface area contributed by atoms with Crippen LogP contribution in [0.15, 0.2) is 36.4 Å². The van der Waals surface area contributed by atoms with Crippen molar-refractivity contribution in [3.05, 3.63) is 59.2 Å². The van der Waals surface area contributed by atoms with E-state index in [4.69, 9.17) is 5.84 Å². The van der Waals surface area contributed by atoms with E-state index in [1.54, 1.807) is 18.2 Å². The van der Waals surface area contributed by atoms with Crippen LogP contribution in [0.5, 0.6) is 0 Å². The average Bonchev–Trinajstić information content (AvgIpc) is 2.89. The number of amides is 1. The molecule has 0 saturated carbocycles. The smallest absolute Gasteiger partial charge is 0.283 e. The number of nitrogens with two attached hydrogens (primary N) is 1. The standard InChI is InChI=1S/C15H15FN4O/c16-11-5-4-10-6-7-20(14(10)8-11)9-12-2-1-3-13(18-12)15(21)19-17/h1-5,8H,6-7,9,17H2,(H,19,21). The molecule has 1 aliphatic rings. The molecule has 0 aliphatic carbocycles. The van der Waals surface area contributed by atoms with Gasteiger partial charge in [-0.05, 0) is 36.2 Å². The van der Waals surface area contributed by atoms with Crippen molar-refractivity contribution in [1.29, 1.82) is 0 Å². The van der Waals surface area contributed by atoms with Gasteiger partial charge in [-0.2, -0.15) is 0 Å². The van der Waals surface area contributed by atoms with E-state index in [0.717, 1.165) is 29.9 Å². The number of nitrogens with one attached hydrogen (secondary N) is 1. The van der Waals surface area contributed by atoms with E-state index in [1.807, 2.05) is 12.1 Å². The summed E-state index contributed by atoms with van der Waals surface area (Å²) in [7, 11) is 0. The molecule has 0 spiro atoms. The average molecular weight is 286 g/mol. The Hall–Kier alpha value is -2.47. The van der Waals surface area contributed by atoms with Gasteiger partial charge < -0.3 is 4.90 Å². The van der Waals surface area contributed by atoms with E-state index in [9.17, 15) is 9.18 Å². The van der Waals surface area contributed by atoms with Gasteiger partial charge in [0.05, 0.1) is 12.2 Å². The first kappa shape index (κ1) is 13.5. The Labute approximate surface area is 121 Å². The van der Waals surface area contributed by atoms with E-state index >= 15 is 0 Å². The molecule has 1 aliphatic heterocycles. The molecule has 1 amide bonds. The number of aromatic nitrogens is 1. The number of hydrogen-bond acceptors (Lipinski definition) is 4. The van der Waals surface area contributed by atoms with Crippen molar-refractivity contribution in [2.45, 2.75) is 13.0 Å². The van der Waals surface area contributed by atoms with Gasteiger partial charge in [-0.25, -0.2) is 15.2 Å². The zero-order valence-electron chi connectivity index (χ0n) is 11.3. The van der Waals surface area contributed by atoms with Crippen LogP contribution in [0.2, 0.25) is 0 Å². The second kappa shape index (κ2) is 5.49. The van der Waals surface area contributed by atoms with Crippen LogP contribution >= 0.6 is 0 Å². The fourth-order valence-corrected chi connectivity index (χ4v) is 2.55. The van der Waals surface area contributed by atoms with Crippen molar-refractivity contribution in [3.8, 4) is 0 Å². The molecule has 108 valence electrons. The molecule has 5 nitrogen and oxygen atoms in total. The molecule has 2 heterocycles. The fourth-order valence-electron chi connectivity index (χ4n) is 2.55. The minimum Gasteiger partial charge on any atom is -0.365 e. The topological polar surface area (TPSA) is 71.2 Å². The second-order valence-corrected chi connectivity index (χ2v) is 4.93. The summed E-state index contributed by atoms with van der Waals surface area (Å²) < 4.78 is 13.4. The van der Waals surface area contributed by atoms with Crippen LogP contribution in [0.25, 0.3) is 0 Å². The molecule has 3 rings (SSSR count). The predicted octanol–water partition coefficient (Wildman–Crippen LogP) is 1.39. The minimum absolute atomic E-state index is 0.245. The van der Waals surface area contributed by atoms with Gasteiger partial charge in [-0.3, -0.25) is 10.2 Å². The number of benzene rings is 1. The second-order valence-electron chi connectivity index (χ2n) is 4.93. The fraction of sp³-hybridized carbons (Fsp3) is 0.200. The Bertz CT molecular complexity index is 689. The van der Waals surface area contributed by atoms with Gasteiger partial charge in [0.25, 0.3) is 5.91 Å². The van der Waals surface area contributed by atoms with Crippen molar-refractivity contribution < 1.29 is 9.18 Å². The predicted molar refractivity (Wildman–Crippen MR) is 77.0 cm³/mol. The van der Waals surface area contributed by atoms with E-state index in [1.165, 1.54) is 6.07 Å². The highest BCUT2D eigenvalue weighted by Gasteiger charge is 2.20. The third-order valence-electron chi connectivity index (χ3n) is 3.56. The van der Waals surface area contributed by atoms with Crippen molar-refractivity contribution in [2.75, 3.05) is 11.4 Å². The van der Waals surface area contributed by atoms with Crippen LogP contribution in [0.1, 0.15) is 21.7 Å². The summed E-state index contributed by atoms with van der Waals surface area (Å²) in [6, 6.07) is 10.0. The number of fused-ring (bicyclic) bond motifs is 1. The lowest BCUT2D eigenvalue weighted by molar-refractivity contribution is 0.0948. The maximum atomic E-state index is 13.4. The molecule has 0 radical (unpaired) electrons. The molecule has 1 aromatic carbocycles. The third kappa shape index (κ3) is 2.71. The molecule has 0 atom stereocenters. The molecular formula is C15H15FN4O. The summed E-state index contributed by atoms with van der Waals surface area (Å²) in [5.74, 6) is 4.43. The lowest BCUT2D eigenvalue weighted by Crippen LogP contribution is -2.31. The quantitative estimate of drug-likeness (QED) is 0.508. The highest BCUT2D eigenvalue weighted by molar-refractivity contribution is 5.91. The summed E-state index contributed by atoms with van der Waals surface area (Å²) in [5, 5.41) is 0. The molecule has 1 aromatic heterocycles. The van der Waals surface area contributed by atoms with Crippen molar-refractivity contribution in [2.24, 2.45) is 5.84 Å². The van der Waals surface area contributed by atoms with Crippen LogP contribution < -0.4 is 16.2 Å². The lowest BCUT2D eigenvalue weighted by Gasteiger charge is -2.19. The molecule has 0 saturated heterocycles. The van der Waals surface area contributed by atoms with Gasteiger partial charge in [0.2, 0.25) is 0 Å². The summed E-state index contributed by atoms with van der Waals surface area (Å²) in [6.07, 6.45) is 0.887. The molecule has 6 heteroatoms. The first-order chi connectivity index (χ1) is 10.2. The Kier molecular flexibility index (Phi) is 3.53. The van der Waals surface area contributed by atoms with Gasteiger partial charge >= 0.3 is 0 Å². The number of hydrazine groups is 1. The monoisotopic (exact) mass is 286 g/mol. The molecular weight excluding hydrogens is 271 g/mol. The normalized spacial score (nSPS) is 13.1. The van der Waals surface area contributed by atoms with E-state index in [2.05, 4.69) is 15.3 Å².